The number of rotatable bonds is 5. The Hall–Kier alpha value is -1.64. The summed E-state index contributed by atoms with van der Waals surface area (Å²) >= 11 is 0. The number of aromatic amines is 1. The molecule has 1 aliphatic heterocycles. The second-order valence-electron chi connectivity index (χ2n) is 6.96. The monoisotopic (exact) mass is 352 g/mol. The molecule has 0 amide bonds. The first kappa shape index (κ1) is 17.2. The van der Waals surface area contributed by atoms with E-state index in [-0.39, 0.29) is 12.0 Å². The Morgan fingerprint density at radius 3 is 2.71 bits per heavy atom. The predicted molar refractivity (Wildman–Crippen MR) is 93.0 cm³/mol. The highest BCUT2D eigenvalue weighted by molar-refractivity contribution is 7.87. The molecule has 7 nitrogen and oxygen atoms in total. The van der Waals surface area contributed by atoms with Crippen molar-refractivity contribution in [1.29, 1.82) is 0 Å². The van der Waals surface area contributed by atoms with Crippen LogP contribution in [-0.4, -0.2) is 42.9 Å². The highest BCUT2D eigenvalue weighted by Gasteiger charge is 2.31. The molecule has 0 radical (unpaired) electrons. The Bertz CT molecular complexity index is 819. The SMILES string of the molecule is COc1ccc2nc(CNS(=O)(=O)N3CCC(C)(C)CC3)[nH]c2c1. The standard InChI is InChI=1S/C16H24N4O3S/c1-16(2)6-8-20(9-7-16)24(21,22)17-11-15-18-13-5-4-12(23-3)10-14(13)19-15/h4-5,10,17H,6-9,11H2,1-3H3,(H,18,19). The van der Waals surface area contributed by atoms with Crippen LogP contribution in [0.4, 0.5) is 0 Å². The van der Waals surface area contributed by atoms with Crippen LogP contribution >= 0.6 is 0 Å². The number of benzene rings is 1. The number of piperidine rings is 1. The van der Waals surface area contributed by atoms with Crippen LogP contribution in [0.3, 0.4) is 0 Å². The van der Waals surface area contributed by atoms with E-state index in [0.717, 1.165) is 29.6 Å². The van der Waals surface area contributed by atoms with Gasteiger partial charge in [-0.1, -0.05) is 13.8 Å². The van der Waals surface area contributed by atoms with Crippen LogP contribution < -0.4 is 9.46 Å². The van der Waals surface area contributed by atoms with Crippen LogP contribution in [0.25, 0.3) is 11.0 Å². The molecule has 1 aromatic heterocycles. The van der Waals surface area contributed by atoms with E-state index < -0.39 is 10.2 Å². The fraction of sp³-hybridized carbons (Fsp3) is 0.562. The molecule has 1 saturated heterocycles. The largest absolute Gasteiger partial charge is 0.497 e. The van der Waals surface area contributed by atoms with Gasteiger partial charge in [-0.2, -0.15) is 17.4 Å². The zero-order valence-electron chi connectivity index (χ0n) is 14.3. The smallest absolute Gasteiger partial charge is 0.279 e. The van der Waals surface area contributed by atoms with Crippen molar-refractivity contribution in [2.24, 2.45) is 5.41 Å². The van der Waals surface area contributed by atoms with Crippen LogP contribution in [0.15, 0.2) is 18.2 Å². The fourth-order valence-electron chi connectivity index (χ4n) is 2.83. The molecular formula is C16H24N4O3S. The van der Waals surface area contributed by atoms with Gasteiger partial charge in [-0.05, 0) is 30.4 Å². The van der Waals surface area contributed by atoms with Gasteiger partial charge in [0.15, 0.2) is 0 Å². The van der Waals surface area contributed by atoms with Gasteiger partial charge in [0.05, 0.1) is 24.7 Å². The first-order chi connectivity index (χ1) is 11.3. The third kappa shape index (κ3) is 3.71. The number of fused-ring (bicyclic) bond motifs is 1. The van der Waals surface area contributed by atoms with Gasteiger partial charge in [-0.25, -0.2) is 4.98 Å². The van der Waals surface area contributed by atoms with Gasteiger partial charge in [0.25, 0.3) is 10.2 Å². The van der Waals surface area contributed by atoms with E-state index in [4.69, 9.17) is 4.74 Å². The highest BCUT2D eigenvalue weighted by Crippen LogP contribution is 2.30. The Morgan fingerprint density at radius 1 is 1.33 bits per heavy atom. The zero-order valence-corrected chi connectivity index (χ0v) is 15.1. The van der Waals surface area contributed by atoms with E-state index in [1.165, 1.54) is 4.31 Å². The van der Waals surface area contributed by atoms with Crippen molar-refractivity contribution >= 4 is 21.2 Å². The molecule has 24 heavy (non-hydrogen) atoms. The van der Waals surface area contributed by atoms with E-state index in [0.29, 0.717) is 18.9 Å². The van der Waals surface area contributed by atoms with Crippen molar-refractivity contribution in [3.8, 4) is 5.75 Å². The Labute approximate surface area is 142 Å². The van der Waals surface area contributed by atoms with Gasteiger partial charge in [0, 0.05) is 19.2 Å². The molecule has 2 N–H and O–H groups in total. The number of methoxy groups -OCH3 is 1. The second kappa shape index (κ2) is 6.34. The van der Waals surface area contributed by atoms with E-state index in [1.807, 2.05) is 18.2 Å². The van der Waals surface area contributed by atoms with Gasteiger partial charge in [0.1, 0.15) is 11.6 Å². The predicted octanol–water partition coefficient (Wildman–Crippen LogP) is 2.03. The van der Waals surface area contributed by atoms with Crippen LogP contribution in [0.2, 0.25) is 0 Å². The Kier molecular flexibility index (Phi) is 4.54. The summed E-state index contributed by atoms with van der Waals surface area (Å²) in [7, 11) is -1.88. The van der Waals surface area contributed by atoms with E-state index in [2.05, 4.69) is 28.5 Å². The van der Waals surface area contributed by atoms with Crippen LogP contribution in [0.1, 0.15) is 32.5 Å². The lowest BCUT2D eigenvalue weighted by molar-refractivity contribution is 0.194. The quantitative estimate of drug-likeness (QED) is 0.862. The van der Waals surface area contributed by atoms with Crippen molar-refractivity contribution in [1.82, 2.24) is 19.0 Å². The number of hydrogen-bond donors (Lipinski definition) is 2. The molecular weight excluding hydrogens is 328 g/mol. The molecule has 1 aliphatic rings. The maximum atomic E-state index is 12.4. The third-order valence-corrected chi connectivity index (χ3v) is 6.13. The normalized spacial score (nSPS) is 18.8. The van der Waals surface area contributed by atoms with E-state index >= 15 is 0 Å². The van der Waals surface area contributed by atoms with Crippen LogP contribution in [0.5, 0.6) is 5.75 Å². The first-order valence-corrected chi connectivity index (χ1v) is 9.50. The summed E-state index contributed by atoms with van der Waals surface area (Å²) in [5, 5.41) is 0. The number of nitrogens with one attached hydrogen (secondary N) is 2. The minimum atomic E-state index is -3.48. The van der Waals surface area contributed by atoms with Crippen LogP contribution in [-0.2, 0) is 16.8 Å². The number of hydrogen-bond acceptors (Lipinski definition) is 4. The molecule has 1 aromatic carbocycles. The van der Waals surface area contributed by atoms with E-state index in [9.17, 15) is 8.42 Å². The molecule has 0 spiro atoms. The van der Waals surface area contributed by atoms with Crippen molar-refractivity contribution < 1.29 is 13.2 Å². The van der Waals surface area contributed by atoms with Gasteiger partial charge in [-0.3, -0.25) is 0 Å². The number of imidazole rings is 1. The minimum Gasteiger partial charge on any atom is -0.497 e. The van der Waals surface area contributed by atoms with E-state index in [1.54, 1.807) is 7.11 Å². The lowest BCUT2D eigenvalue weighted by Crippen LogP contribution is -2.46. The molecule has 0 bridgehead atoms. The molecule has 1 fully saturated rings. The lowest BCUT2D eigenvalue weighted by Gasteiger charge is -2.35. The molecule has 2 aromatic rings. The average Bonchev–Trinajstić information content (AvgIpc) is 2.94. The van der Waals surface area contributed by atoms with Crippen molar-refractivity contribution in [3.63, 3.8) is 0 Å². The maximum Gasteiger partial charge on any atom is 0.279 e. The topological polar surface area (TPSA) is 87.3 Å². The fourth-order valence-corrected chi connectivity index (χ4v) is 4.00. The molecule has 3 rings (SSSR count). The van der Waals surface area contributed by atoms with Gasteiger partial charge >= 0.3 is 0 Å². The molecule has 0 aliphatic carbocycles. The Morgan fingerprint density at radius 2 is 2.04 bits per heavy atom. The summed E-state index contributed by atoms with van der Waals surface area (Å²) in [6.07, 6.45) is 1.75. The van der Waals surface area contributed by atoms with Crippen molar-refractivity contribution in [2.75, 3.05) is 20.2 Å². The summed E-state index contributed by atoms with van der Waals surface area (Å²) in [5.41, 5.74) is 1.82. The molecule has 2 heterocycles. The number of H-pyrrole nitrogens is 1. The van der Waals surface area contributed by atoms with Gasteiger partial charge in [-0.15, -0.1) is 0 Å². The lowest BCUT2D eigenvalue weighted by atomic mass is 9.83. The first-order valence-electron chi connectivity index (χ1n) is 8.06. The molecule has 0 unspecified atom stereocenters. The Balaban J connectivity index is 1.66. The highest BCUT2D eigenvalue weighted by atomic mass is 32.2. The third-order valence-electron chi connectivity index (χ3n) is 4.58. The van der Waals surface area contributed by atoms with Crippen molar-refractivity contribution in [3.05, 3.63) is 24.0 Å². The maximum absolute atomic E-state index is 12.4. The summed E-state index contributed by atoms with van der Waals surface area (Å²) in [5.74, 6) is 1.31. The minimum absolute atomic E-state index is 0.138. The molecule has 132 valence electrons. The number of nitrogens with zero attached hydrogens (tertiary/aromatic N) is 2. The van der Waals surface area contributed by atoms with Gasteiger partial charge < -0.3 is 9.72 Å². The number of aromatic nitrogens is 2. The molecule has 0 atom stereocenters. The van der Waals surface area contributed by atoms with Crippen LogP contribution in [0, 0.1) is 5.41 Å². The zero-order chi connectivity index (χ0) is 17.4. The summed E-state index contributed by atoms with van der Waals surface area (Å²) in [6, 6.07) is 5.51. The summed E-state index contributed by atoms with van der Waals surface area (Å²) < 4.78 is 34.2. The average molecular weight is 352 g/mol. The molecule has 0 saturated carbocycles. The second-order valence-corrected chi connectivity index (χ2v) is 8.71. The number of ether oxygens (including phenoxy) is 1. The van der Waals surface area contributed by atoms with Gasteiger partial charge in [0.2, 0.25) is 0 Å². The summed E-state index contributed by atoms with van der Waals surface area (Å²) in [4.78, 5) is 7.53. The summed E-state index contributed by atoms with van der Waals surface area (Å²) in [6.45, 7) is 5.60. The molecule has 8 heteroatoms. The van der Waals surface area contributed by atoms with Crippen molar-refractivity contribution in [2.45, 2.75) is 33.2 Å².